The second-order valence-corrected chi connectivity index (χ2v) is 9.05. The summed E-state index contributed by atoms with van der Waals surface area (Å²) in [6, 6.07) is 13.3. The van der Waals surface area contributed by atoms with Gasteiger partial charge in [0.05, 0.1) is 11.2 Å². The van der Waals surface area contributed by atoms with E-state index in [1.165, 1.54) is 22.5 Å². The molecule has 2 amide bonds. The predicted octanol–water partition coefficient (Wildman–Crippen LogP) is 2.99. The Morgan fingerprint density at radius 3 is 2.26 bits per heavy atom. The van der Waals surface area contributed by atoms with Crippen LogP contribution in [-0.4, -0.2) is 90.9 Å². The van der Waals surface area contributed by atoms with Crippen molar-refractivity contribution in [3.8, 4) is 11.1 Å². The molecule has 8 heteroatoms. The molecule has 34 heavy (non-hydrogen) atoms. The number of urea groups is 1. The van der Waals surface area contributed by atoms with Crippen LogP contribution >= 0.6 is 0 Å². The molecule has 0 aliphatic carbocycles. The number of piperazine rings is 2. The number of hydrogen-bond acceptors (Lipinski definition) is 5. The molecule has 0 spiro atoms. The third-order valence-corrected chi connectivity index (χ3v) is 7.11. The van der Waals surface area contributed by atoms with Crippen molar-refractivity contribution >= 4 is 22.9 Å². The number of nitrogens with zero attached hydrogens (tertiary/aromatic N) is 6. The highest BCUT2D eigenvalue weighted by Gasteiger charge is 2.22. The second-order valence-electron chi connectivity index (χ2n) is 9.05. The molecule has 1 N–H and O–H groups in total. The number of anilines is 2. The lowest BCUT2D eigenvalue weighted by molar-refractivity contribution is 0.195. The maximum atomic E-state index is 12.1. The zero-order valence-corrected chi connectivity index (χ0v) is 20.3. The first kappa shape index (κ1) is 22.5. The third-order valence-electron chi connectivity index (χ3n) is 7.11. The molecule has 2 aromatic heterocycles. The average Bonchev–Trinajstić information content (AvgIpc) is 3.34. The number of likely N-dealkylation sites (N-methyl/N-ethyl adjacent to an activating group) is 1. The molecule has 0 saturated carbocycles. The summed E-state index contributed by atoms with van der Waals surface area (Å²) >= 11 is 0. The molecular formula is C26H35N7O. The van der Waals surface area contributed by atoms with Gasteiger partial charge in [0.1, 0.15) is 0 Å². The van der Waals surface area contributed by atoms with E-state index in [0.717, 1.165) is 64.4 Å². The van der Waals surface area contributed by atoms with Crippen molar-refractivity contribution in [2.24, 2.45) is 0 Å². The molecular weight excluding hydrogens is 426 g/mol. The second kappa shape index (κ2) is 9.93. The number of carbonyl (C=O) groups is 1. The summed E-state index contributed by atoms with van der Waals surface area (Å²) in [6.45, 7) is 13.5. The van der Waals surface area contributed by atoms with Crippen molar-refractivity contribution in [1.29, 1.82) is 0 Å². The number of amides is 2. The Labute approximate surface area is 201 Å². The van der Waals surface area contributed by atoms with Crippen LogP contribution in [0.1, 0.15) is 13.8 Å². The third kappa shape index (κ3) is 4.55. The molecule has 1 aromatic carbocycles. The number of nitrogens with one attached hydrogen (secondary N) is 1. The Bertz CT molecular complexity index is 1110. The smallest absolute Gasteiger partial charge is 0.317 e. The van der Waals surface area contributed by atoms with Gasteiger partial charge in [-0.25, -0.2) is 9.31 Å². The standard InChI is InChI=1S/C26H35N7O/c1-3-27-26(34)32-17-15-31(16-18-32)24-9-10-28-33-20-22(19-25(24)33)21-5-7-23(8-6-21)30-13-11-29(4-2)12-14-30/h5-10,19-20H,3-4,11-18H2,1-2H3,(H,27,34). The predicted molar refractivity (Wildman–Crippen MR) is 138 cm³/mol. The van der Waals surface area contributed by atoms with Gasteiger partial charge in [0.25, 0.3) is 0 Å². The van der Waals surface area contributed by atoms with E-state index in [2.05, 4.69) is 74.6 Å². The van der Waals surface area contributed by atoms with Crippen LogP contribution in [0.3, 0.4) is 0 Å². The SMILES string of the molecule is CCNC(=O)N1CCN(c2ccnn3cc(-c4ccc(N5CCN(CC)CC5)cc4)cc23)CC1. The van der Waals surface area contributed by atoms with Crippen molar-refractivity contribution < 1.29 is 4.79 Å². The Morgan fingerprint density at radius 1 is 0.882 bits per heavy atom. The van der Waals surface area contributed by atoms with E-state index >= 15 is 0 Å². The fraction of sp³-hybridized carbons (Fsp3) is 0.462. The van der Waals surface area contributed by atoms with Gasteiger partial charge >= 0.3 is 6.03 Å². The van der Waals surface area contributed by atoms with E-state index in [1.54, 1.807) is 0 Å². The summed E-state index contributed by atoms with van der Waals surface area (Å²) in [7, 11) is 0. The van der Waals surface area contributed by atoms with E-state index in [-0.39, 0.29) is 6.03 Å². The quantitative estimate of drug-likeness (QED) is 0.633. The first-order valence-corrected chi connectivity index (χ1v) is 12.5. The summed E-state index contributed by atoms with van der Waals surface area (Å²) < 4.78 is 1.97. The van der Waals surface area contributed by atoms with Gasteiger partial charge in [-0.3, -0.25) is 0 Å². The minimum absolute atomic E-state index is 0.0303. The largest absolute Gasteiger partial charge is 0.369 e. The Kier molecular flexibility index (Phi) is 6.58. The maximum absolute atomic E-state index is 12.1. The molecule has 3 aromatic rings. The van der Waals surface area contributed by atoms with Gasteiger partial charge in [0.15, 0.2) is 0 Å². The Morgan fingerprint density at radius 2 is 1.59 bits per heavy atom. The molecule has 180 valence electrons. The highest BCUT2D eigenvalue weighted by Crippen LogP contribution is 2.30. The number of aromatic nitrogens is 2. The minimum atomic E-state index is 0.0303. The summed E-state index contributed by atoms with van der Waals surface area (Å²) in [5, 5.41) is 7.46. The van der Waals surface area contributed by atoms with Gasteiger partial charge in [0.2, 0.25) is 0 Å². The van der Waals surface area contributed by atoms with E-state index in [9.17, 15) is 4.79 Å². The Hall–Kier alpha value is -3.26. The van der Waals surface area contributed by atoms with Crippen molar-refractivity contribution in [2.75, 3.05) is 75.2 Å². The van der Waals surface area contributed by atoms with Crippen LogP contribution < -0.4 is 15.1 Å². The molecule has 8 nitrogen and oxygen atoms in total. The van der Waals surface area contributed by atoms with Crippen LogP contribution in [-0.2, 0) is 0 Å². The highest BCUT2D eigenvalue weighted by atomic mass is 16.2. The first-order chi connectivity index (χ1) is 16.7. The number of hydrogen-bond donors (Lipinski definition) is 1. The van der Waals surface area contributed by atoms with Crippen molar-refractivity contribution in [2.45, 2.75) is 13.8 Å². The van der Waals surface area contributed by atoms with Crippen LogP contribution in [0.15, 0.2) is 48.8 Å². The monoisotopic (exact) mass is 461 g/mol. The molecule has 2 saturated heterocycles. The Balaban J connectivity index is 1.31. The molecule has 2 aliphatic rings. The minimum Gasteiger partial charge on any atom is -0.369 e. The molecule has 0 radical (unpaired) electrons. The van der Waals surface area contributed by atoms with Crippen LogP contribution in [0.4, 0.5) is 16.2 Å². The fourth-order valence-corrected chi connectivity index (χ4v) is 5.03. The summed E-state index contributed by atoms with van der Waals surface area (Å²) in [5.74, 6) is 0. The number of benzene rings is 1. The lowest BCUT2D eigenvalue weighted by atomic mass is 10.1. The molecule has 2 aliphatic heterocycles. The van der Waals surface area contributed by atoms with E-state index in [4.69, 9.17) is 0 Å². The summed E-state index contributed by atoms with van der Waals surface area (Å²) in [4.78, 5) is 21.4. The normalized spacial score (nSPS) is 17.4. The van der Waals surface area contributed by atoms with Gasteiger partial charge in [0, 0.05) is 82.5 Å². The zero-order chi connectivity index (χ0) is 23.5. The van der Waals surface area contributed by atoms with Crippen molar-refractivity contribution in [3.05, 3.63) is 48.8 Å². The molecule has 5 rings (SSSR count). The van der Waals surface area contributed by atoms with Crippen LogP contribution in [0.5, 0.6) is 0 Å². The topological polar surface area (TPSA) is 59.4 Å². The average molecular weight is 462 g/mol. The fourth-order valence-electron chi connectivity index (χ4n) is 5.03. The molecule has 0 atom stereocenters. The van der Waals surface area contributed by atoms with Gasteiger partial charge < -0.3 is 24.9 Å². The number of carbonyl (C=O) groups excluding carboxylic acids is 1. The van der Waals surface area contributed by atoms with Crippen molar-refractivity contribution in [1.82, 2.24) is 24.7 Å². The van der Waals surface area contributed by atoms with E-state index in [1.807, 2.05) is 22.5 Å². The van der Waals surface area contributed by atoms with Gasteiger partial charge in [-0.15, -0.1) is 0 Å². The molecule has 4 heterocycles. The summed E-state index contributed by atoms with van der Waals surface area (Å²) in [5.41, 5.74) is 5.94. The molecule has 0 bridgehead atoms. The van der Waals surface area contributed by atoms with Gasteiger partial charge in [-0.1, -0.05) is 19.1 Å². The van der Waals surface area contributed by atoms with Gasteiger partial charge in [-0.2, -0.15) is 5.10 Å². The van der Waals surface area contributed by atoms with Crippen molar-refractivity contribution in [3.63, 3.8) is 0 Å². The number of rotatable bonds is 5. The first-order valence-electron chi connectivity index (χ1n) is 12.5. The molecule has 0 unspecified atom stereocenters. The lowest BCUT2D eigenvalue weighted by Gasteiger charge is -2.36. The van der Waals surface area contributed by atoms with E-state index in [0.29, 0.717) is 6.54 Å². The maximum Gasteiger partial charge on any atom is 0.317 e. The zero-order valence-electron chi connectivity index (χ0n) is 20.3. The van der Waals surface area contributed by atoms with E-state index < -0.39 is 0 Å². The lowest BCUT2D eigenvalue weighted by Crippen LogP contribution is -2.51. The molecule has 2 fully saturated rings. The van der Waals surface area contributed by atoms with Gasteiger partial charge in [-0.05, 0) is 43.3 Å². The highest BCUT2D eigenvalue weighted by molar-refractivity contribution is 5.81. The van der Waals surface area contributed by atoms with Crippen LogP contribution in [0, 0.1) is 0 Å². The van der Waals surface area contributed by atoms with Crippen LogP contribution in [0.25, 0.3) is 16.6 Å². The summed E-state index contributed by atoms with van der Waals surface area (Å²) in [6.07, 6.45) is 3.97. The number of fused-ring (bicyclic) bond motifs is 1. The van der Waals surface area contributed by atoms with Crippen LogP contribution in [0.2, 0.25) is 0 Å².